The van der Waals surface area contributed by atoms with Crippen LogP contribution < -0.4 is 4.90 Å². The predicted molar refractivity (Wildman–Crippen MR) is 78.7 cm³/mol. The van der Waals surface area contributed by atoms with Crippen LogP contribution >= 0.6 is 11.6 Å². The molecule has 2 atom stereocenters. The van der Waals surface area contributed by atoms with E-state index in [0.29, 0.717) is 16.9 Å². The maximum atomic E-state index is 10.7. The third-order valence-electron chi connectivity index (χ3n) is 3.72. The van der Waals surface area contributed by atoms with Crippen molar-refractivity contribution in [3.8, 4) is 0 Å². The van der Waals surface area contributed by atoms with E-state index in [-0.39, 0.29) is 0 Å². The van der Waals surface area contributed by atoms with E-state index in [1.807, 2.05) is 18.2 Å². The van der Waals surface area contributed by atoms with Gasteiger partial charge in [0, 0.05) is 29.9 Å². The van der Waals surface area contributed by atoms with E-state index in [0.717, 1.165) is 30.4 Å². The Balaban J connectivity index is 2.32. The summed E-state index contributed by atoms with van der Waals surface area (Å²) < 4.78 is 0. The Morgan fingerprint density at radius 1 is 1.37 bits per heavy atom. The molecule has 0 radical (unpaired) electrons. The summed E-state index contributed by atoms with van der Waals surface area (Å²) >= 11 is 6.00. The Bertz CT molecular complexity index is 503. The van der Waals surface area contributed by atoms with Gasteiger partial charge in [0.1, 0.15) is 0 Å². The first kappa shape index (κ1) is 13.9. The molecular weight excluding hydrogens is 262 g/mol. The standard InChI is InChI=1S/C15H18ClNO2/c1-10-8-17(9-11(10)2)14-5-4-13(16)7-12(14)3-6-15(18)19/h3-7,10-11H,8-9H2,1-2H3,(H,18,19)/b6-3+. The Morgan fingerprint density at radius 2 is 2.00 bits per heavy atom. The molecule has 1 aliphatic heterocycles. The van der Waals surface area contributed by atoms with Crippen molar-refractivity contribution < 1.29 is 9.90 Å². The molecule has 1 aliphatic rings. The molecule has 0 aliphatic carbocycles. The van der Waals surface area contributed by atoms with Crippen molar-refractivity contribution in [1.82, 2.24) is 0 Å². The van der Waals surface area contributed by atoms with Gasteiger partial charge in [-0.1, -0.05) is 25.4 Å². The Morgan fingerprint density at radius 3 is 2.58 bits per heavy atom. The number of nitrogens with zero attached hydrogens (tertiary/aromatic N) is 1. The molecule has 0 amide bonds. The summed E-state index contributed by atoms with van der Waals surface area (Å²) in [6.45, 7) is 6.48. The first-order valence-corrected chi connectivity index (χ1v) is 6.80. The predicted octanol–water partition coefficient (Wildman–Crippen LogP) is 3.53. The second-order valence-corrected chi connectivity index (χ2v) is 5.67. The number of carboxylic acid groups (broad SMARTS) is 1. The fourth-order valence-corrected chi connectivity index (χ4v) is 2.61. The van der Waals surface area contributed by atoms with Crippen molar-refractivity contribution in [2.75, 3.05) is 18.0 Å². The topological polar surface area (TPSA) is 40.5 Å². The molecule has 102 valence electrons. The number of halogens is 1. The van der Waals surface area contributed by atoms with Gasteiger partial charge >= 0.3 is 5.97 Å². The molecule has 1 heterocycles. The highest BCUT2D eigenvalue weighted by Gasteiger charge is 2.27. The number of carbonyl (C=O) groups is 1. The summed E-state index contributed by atoms with van der Waals surface area (Å²) in [4.78, 5) is 13.0. The quantitative estimate of drug-likeness (QED) is 0.861. The van der Waals surface area contributed by atoms with Gasteiger partial charge in [0.25, 0.3) is 0 Å². The smallest absolute Gasteiger partial charge is 0.328 e. The molecule has 0 aromatic heterocycles. The number of benzene rings is 1. The molecule has 1 N–H and O–H groups in total. The number of rotatable bonds is 3. The molecule has 1 fully saturated rings. The highest BCUT2D eigenvalue weighted by molar-refractivity contribution is 6.30. The molecule has 2 rings (SSSR count). The average Bonchev–Trinajstić information content (AvgIpc) is 2.67. The zero-order chi connectivity index (χ0) is 14.0. The highest BCUT2D eigenvalue weighted by Crippen LogP contribution is 2.32. The van der Waals surface area contributed by atoms with Crippen molar-refractivity contribution in [3.05, 3.63) is 34.9 Å². The molecule has 3 nitrogen and oxygen atoms in total. The van der Waals surface area contributed by atoms with Crippen LogP contribution in [0.5, 0.6) is 0 Å². The summed E-state index contributed by atoms with van der Waals surface area (Å²) in [6, 6.07) is 5.63. The fraction of sp³-hybridized carbons (Fsp3) is 0.400. The lowest BCUT2D eigenvalue weighted by Gasteiger charge is -2.21. The number of anilines is 1. The van der Waals surface area contributed by atoms with Crippen LogP contribution in [0.15, 0.2) is 24.3 Å². The van der Waals surface area contributed by atoms with Crippen LogP contribution in [0.2, 0.25) is 5.02 Å². The van der Waals surface area contributed by atoms with Gasteiger partial charge in [-0.25, -0.2) is 4.79 Å². The van der Waals surface area contributed by atoms with Gasteiger partial charge in [0.2, 0.25) is 0 Å². The second-order valence-electron chi connectivity index (χ2n) is 5.23. The molecule has 1 aromatic carbocycles. The van der Waals surface area contributed by atoms with Gasteiger partial charge in [-0.15, -0.1) is 0 Å². The molecule has 4 heteroatoms. The minimum absolute atomic E-state index is 0.620. The lowest BCUT2D eigenvalue weighted by Crippen LogP contribution is -2.20. The van der Waals surface area contributed by atoms with E-state index in [2.05, 4.69) is 18.7 Å². The number of hydrogen-bond donors (Lipinski definition) is 1. The summed E-state index contributed by atoms with van der Waals surface area (Å²) in [7, 11) is 0. The molecule has 0 bridgehead atoms. The first-order valence-electron chi connectivity index (χ1n) is 6.43. The average molecular weight is 280 g/mol. The molecule has 2 unspecified atom stereocenters. The van der Waals surface area contributed by atoms with E-state index in [1.54, 1.807) is 6.08 Å². The van der Waals surface area contributed by atoms with E-state index in [1.165, 1.54) is 0 Å². The van der Waals surface area contributed by atoms with Crippen LogP contribution in [0.4, 0.5) is 5.69 Å². The van der Waals surface area contributed by atoms with Gasteiger partial charge in [0.05, 0.1) is 0 Å². The van der Waals surface area contributed by atoms with E-state index >= 15 is 0 Å². The minimum Gasteiger partial charge on any atom is -0.478 e. The van der Waals surface area contributed by atoms with Crippen LogP contribution in [0, 0.1) is 11.8 Å². The van der Waals surface area contributed by atoms with Crippen LogP contribution in [-0.4, -0.2) is 24.2 Å². The molecule has 1 aromatic rings. The zero-order valence-corrected chi connectivity index (χ0v) is 11.9. The number of aliphatic carboxylic acids is 1. The molecular formula is C15H18ClNO2. The lowest BCUT2D eigenvalue weighted by atomic mass is 10.0. The Labute approximate surface area is 118 Å². The third kappa shape index (κ3) is 3.29. The van der Waals surface area contributed by atoms with Crippen LogP contribution in [-0.2, 0) is 4.79 Å². The van der Waals surface area contributed by atoms with Gasteiger partial charge < -0.3 is 10.0 Å². The van der Waals surface area contributed by atoms with Crippen molar-refractivity contribution in [3.63, 3.8) is 0 Å². The van der Waals surface area contributed by atoms with Crippen LogP contribution in [0.1, 0.15) is 19.4 Å². The third-order valence-corrected chi connectivity index (χ3v) is 3.96. The van der Waals surface area contributed by atoms with Crippen molar-refractivity contribution in [2.45, 2.75) is 13.8 Å². The maximum absolute atomic E-state index is 10.7. The largest absolute Gasteiger partial charge is 0.478 e. The van der Waals surface area contributed by atoms with Gasteiger partial charge in [-0.05, 0) is 41.7 Å². The second kappa shape index (κ2) is 5.66. The summed E-state index contributed by atoms with van der Waals surface area (Å²) in [5.74, 6) is 0.341. The SMILES string of the molecule is CC1CN(c2ccc(Cl)cc2/C=C/C(=O)O)CC1C. The summed E-state index contributed by atoms with van der Waals surface area (Å²) in [5, 5.41) is 9.37. The maximum Gasteiger partial charge on any atom is 0.328 e. The van der Waals surface area contributed by atoms with Gasteiger partial charge in [-0.2, -0.15) is 0 Å². The zero-order valence-electron chi connectivity index (χ0n) is 11.1. The van der Waals surface area contributed by atoms with E-state index < -0.39 is 5.97 Å². The van der Waals surface area contributed by atoms with Crippen LogP contribution in [0.3, 0.4) is 0 Å². The molecule has 1 saturated heterocycles. The molecule has 0 saturated carbocycles. The fourth-order valence-electron chi connectivity index (χ4n) is 2.43. The van der Waals surface area contributed by atoms with Gasteiger partial charge in [0.15, 0.2) is 0 Å². The van der Waals surface area contributed by atoms with Crippen molar-refractivity contribution >= 4 is 29.3 Å². The normalized spacial score (nSPS) is 23.2. The van der Waals surface area contributed by atoms with E-state index in [4.69, 9.17) is 16.7 Å². The summed E-state index contributed by atoms with van der Waals surface area (Å²) in [6.07, 6.45) is 2.76. The number of hydrogen-bond acceptors (Lipinski definition) is 2. The van der Waals surface area contributed by atoms with Crippen molar-refractivity contribution in [1.29, 1.82) is 0 Å². The summed E-state index contributed by atoms with van der Waals surface area (Å²) in [5.41, 5.74) is 1.91. The highest BCUT2D eigenvalue weighted by atomic mass is 35.5. The van der Waals surface area contributed by atoms with Crippen LogP contribution in [0.25, 0.3) is 6.08 Å². The molecule has 0 spiro atoms. The Kier molecular flexibility index (Phi) is 4.15. The van der Waals surface area contributed by atoms with E-state index in [9.17, 15) is 4.79 Å². The molecule has 19 heavy (non-hydrogen) atoms. The van der Waals surface area contributed by atoms with Crippen molar-refractivity contribution in [2.24, 2.45) is 11.8 Å². The first-order chi connectivity index (χ1) is 8.97. The minimum atomic E-state index is -0.950. The lowest BCUT2D eigenvalue weighted by molar-refractivity contribution is -0.131. The monoisotopic (exact) mass is 279 g/mol. The Hall–Kier alpha value is -1.48. The number of carboxylic acids is 1. The van der Waals surface area contributed by atoms with Gasteiger partial charge in [-0.3, -0.25) is 0 Å².